The lowest BCUT2D eigenvalue weighted by Crippen LogP contribution is -1.82. The van der Waals surface area contributed by atoms with E-state index >= 15 is 0 Å². The first-order valence-corrected chi connectivity index (χ1v) is 2.94. The van der Waals surface area contributed by atoms with Gasteiger partial charge in [-0.1, -0.05) is 5.16 Å². The highest BCUT2D eigenvalue weighted by Gasteiger charge is 2.05. The van der Waals surface area contributed by atoms with Crippen LogP contribution in [0, 0.1) is 0 Å². The van der Waals surface area contributed by atoms with Crippen LogP contribution in [0.5, 0.6) is 0 Å². The van der Waals surface area contributed by atoms with Gasteiger partial charge in [-0.15, -0.1) is 0 Å². The van der Waals surface area contributed by atoms with Crippen LogP contribution < -0.4 is 5.73 Å². The molecule has 0 fully saturated rings. The van der Waals surface area contributed by atoms with Crippen molar-refractivity contribution in [2.24, 2.45) is 0 Å². The van der Waals surface area contributed by atoms with Crippen LogP contribution >= 0.6 is 0 Å². The normalized spacial score (nSPS) is 10.2. The van der Waals surface area contributed by atoms with Gasteiger partial charge in [0.15, 0.2) is 0 Å². The molecular weight excluding hydrogens is 146 g/mol. The Morgan fingerprint density at radius 2 is 2.45 bits per heavy atom. The molecule has 2 heterocycles. The molecule has 6 nitrogen and oxygen atoms in total. The van der Waals surface area contributed by atoms with Crippen LogP contribution in [0.25, 0.3) is 11.4 Å². The summed E-state index contributed by atoms with van der Waals surface area (Å²) < 4.78 is 4.56. The van der Waals surface area contributed by atoms with Crippen molar-refractivity contribution in [1.82, 2.24) is 20.3 Å². The van der Waals surface area contributed by atoms with Crippen molar-refractivity contribution in [2.45, 2.75) is 0 Å². The Kier molecular flexibility index (Phi) is 1.12. The van der Waals surface area contributed by atoms with Crippen LogP contribution in [0.15, 0.2) is 16.9 Å². The van der Waals surface area contributed by atoms with Gasteiger partial charge < -0.3 is 10.3 Å². The summed E-state index contributed by atoms with van der Waals surface area (Å²) in [6.07, 6.45) is 3.24. The Hall–Kier alpha value is -1.85. The van der Waals surface area contributed by atoms with E-state index in [1.165, 1.54) is 0 Å². The monoisotopic (exact) mass is 151 g/mol. The molecule has 0 aromatic carbocycles. The molecule has 0 unspecified atom stereocenters. The Labute approximate surface area is 61.4 Å². The molecular formula is C5H5N5O. The number of nitrogen functional groups attached to an aromatic ring is 1. The second-order valence-electron chi connectivity index (χ2n) is 1.94. The molecule has 2 aromatic heterocycles. The summed E-state index contributed by atoms with van der Waals surface area (Å²) in [6, 6.07) is 0.0567. The van der Waals surface area contributed by atoms with E-state index in [1.54, 1.807) is 12.4 Å². The number of rotatable bonds is 1. The molecule has 0 spiro atoms. The lowest BCUT2D eigenvalue weighted by molar-refractivity contribution is 0.437. The van der Waals surface area contributed by atoms with Crippen molar-refractivity contribution in [2.75, 3.05) is 5.73 Å². The average Bonchev–Trinajstić information content (AvgIpc) is 2.55. The van der Waals surface area contributed by atoms with E-state index in [4.69, 9.17) is 5.73 Å². The number of hydrogen-bond donors (Lipinski definition) is 2. The highest BCUT2D eigenvalue weighted by Crippen LogP contribution is 2.12. The second kappa shape index (κ2) is 2.08. The number of nitrogens with one attached hydrogen (secondary N) is 1. The highest BCUT2D eigenvalue weighted by atomic mass is 16.5. The van der Waals surface area contributed by atoms with Crippen molar-refractivity contribution in [3.8, 4) is 11.4 Å². The van der Waals surface area contributed by atoms with E-state index in [-0.39, 0.29) is 6.01 Å². The number of H-pyrrole nitrogens is 1. The second-order valence-corrected chi connectivity index (χ2v) is 1.94. The fourth-order valence-corrected chi connectivity index (χ4v) is 0.726. The molecule has 11 heavy (non-hydrogen) atoms. The van der Waals surface area contributed by atoms with E-state index in [0.29, 0.717) is 5.82 Å². The number of aromatic amines is 1. The van der Waals surface area contributed by atoms with Crippen molar-refractivity contribution < 1.29 is 4.52 Å². The van der Waals surface area contributed by atoms with Gasteiger partial charge in [-0.2, -0.15) is 10.1 Å². The van der Waals surface area contributed by atoms with E-state index in [1.807, 2.05) is 0 Å². The summed E-state index contributed by atoms with van der Waals surface area (Å²) in [7, 11) is 0. The maximum Gasteiger partial charge on any atom is 0.319 e. The van der Waals surface area contributed by atoms with Crippen LogP contribution in [0.3, 0.4) is 0 Å². The number of hydrogen-bond acceptors (Lipinski definition) is 5. The fraction of sp³-hybridized carbons (Fsp3) is 0. The lowest BCUT2D eigenvalue weighted by atomic mass is 10.3. The van der Waals surface area contributed by atoms with Gasteiger partial charge >= 0.3 is 6.01 Å². The van der Waals surface area contributed by atoms with Gasteiger partial charge in [0.2, 0.25) is 5.82 Å². The molecule has 0 saturated carbocycles. The largest absolute Gasteiger partial charge is 0.351 e. The molecule has 2 aromatic rings. The first-order chi connectivity index (χ1) is 5.36. The van der Waals surface area contributed by atoms with Gasteiger partial charge in [0.05, 0.1) is 11.8 Å². The van der Waals surface area contributed by atoms with Crippen LogP contribution in [-0.2, 0) is 0 Å². The van der Waals surface area contributed by atoms with Gasteiger partial charge in [-0.3, -0.25) is 5.10 Å². The molecule has 0 aliphatic heterocycles. The molecule has 3 N–H and O–H groups in total. The molecule has 0 bridgehead atoms. The predicted octanol–water partition coefficient (Wildman–Crippen LogP) is 0.0419. The van der Waals surface area contributed by atoms with Crippen LogP contribution in [0.4, 0.5) is 6.01 Å². The van der Waals surface area contributed by atoms with E-state index in [2.05, 4.69) is 24.9 Å². The molecule has 0 saturated heterocycles. The van der Waals surface area contributed by atoms with Gasteiger partial charge in [0.25, 0.3) is 0 Å². The summed E-state index contributed by atoms with van der Waals surface area (Å²) in [5.74, 6) is 0.441. The summed E-state index contributed by atoms with van der Waals surface area (Å²) in [6.45, 7) is 0. The predicted molar refractivity (Wildman–Crippen MR) is 36.3 cm³/mol. The Morgan fingerprint density at radius 3 is 3.00 bits per heavy atom. The van der Waals surface area contributed by atoms with Crippen LogP contribution in [0.1, 0.15) is 0 Å². The third-order valence-electron chi connectivity index (χ3n) is 1.20. The number of anilines is 1. The SMILES string of the molecule is Nc1nc(-c2cn[nH]c2)no1. The van der Waals surface area contributed by atoms with Crippen LogP contribution in [0.2, 0.25) is 0 Å². The average molecular weight is 151 g/mol. The zero-order valence-electron chi connectivity index (χ0n) is 5.48. The van der Waals surface area contributed by atoms with E-state index in [9.17, 15) is 0 Å². The minimum absolute atomic E-state index is 0.0567. The molecule has 56 valence electrons. The summed E-state index contributed by atoms with van der Waals surface area (Å²) >= 11 is 0. The minimum Gasteiger partial charge on any atom is -0.351 e. The Morgan fingerprint density at radius 1 is 1.55 bits per heavy atom. The molecule has 0 atom stereocenters. The highest BCUT2D eigenvalue weighted by molar-refractivity contribution is 5.51. The van der Waals surface area contributed by atoms with Gasteiger partial charge in [0, 0.05) is 6.20 Å². The number of nitrogens with zero attached hydrogens (tertiary/aromatic N) is 3. The third-order valence-corrected chi connectivity index (χ3v) is 1.20. The van der Waals surface area contributed by atoms with E-state index in [0.717, 1.165) is 5.56 Å². The molecule has 2 rings (SSSR count). The van der Waals surface area contributed by atoms with E-state index < -0.39 is 0 Å². The first-order valence-electron chi connectivity index (χ1n) is 2.94. The summed E-state index contributed by atoms with van der Waals surface area (Å²) in [4.78, 5) is 3.79. The van der Waals surface area contributed by atoms with Crippen LogP contribution in [-0.4, -0.2) is 20.3 Å². The lowest BCUT2D eigenvalue weighted by Gasteiger charge is -1.78. The smallest absolute Gasteiger partial charge is 0.319 e. The molecule has 0 amide bonds. The van der Waals surface area contributed by atoms with Crippen molar-refractivity contribution in [3.05, 3.63) is 12.4 Å². The number of aromatic nitrogens is 4. The summed E-state index contributed by atoms with van der Waals surface area (Å²) in [5.41, 5.74) is 5.97. The molecule has 6 heteroatoms. The standard InChI is InChI=1S/C5H5N5O/c6-5-9-4(10-11-5)3-1-7-8-2-3/h1-2H,(H,7,8)(H2,6,9,10). The Balaban J connectivity index is 2.45. The quantitative estimate of drug-likeness (QED) is 0.600. The van der Waals surface area contributed by atoms with Crippen molar-refractivity contribution in [1.29, 1.82) is 0 Å². The minimum atomic E-state index is 0.0567. The van der Waals surface area contributed by atoms with Gasteiger partial charge in [0.1, 0.15) is 0 Å². The van der Waals surface area contributed by atoms with Gasteiger partial charge in [-0.05, 0) is 0 Å². The molecule has 0 aliphatic carbocycles. The van der Waals surface area contributed by atoms with Crippen molar-refractivity contribution in [3.63, 3.8) is 0 Å². The Bertz CT molecular complexity index is 337. The maximum absolute atomic E-state index is 5.21. The fourth-order valence-electron chi connectivity index (χ4n) is 0.726. The van der Waals surface area contributed by atoms with Crippen molar-refractivity contribution >= 4 is 6.01 Å². The zero-order chi connectivity index (χ0) is 7.68. The molecule has 0 radical (unpaired) electrons. The number of nitrogens with two attached hydrogens (primary N) is 1. The summed E-state index contributed by atoms with van der Waals surface area (Å²) in [5, 5.41) is 9.93. The third kappa shape index (κ3) is 0.936. The van der Waals surface area contributed by atoms with Gasteiger partial charge in [-0.25, -0.2) is 0 Å². The topological polar surface area (TPSA) is 93.6 Å². The maximum atomic E-state index is 5.21. The first kappa shape index (κ1) is 5.90. The zero-order valence-corrected chi connectivity index (χ0v) is 5.48. The molecule has 0 aliphatic rings.